The molecule has 1 fully saturated rings. The third kappa shape index (κ3) is 3.70. The minimum atomic E-state index is -0.919. The van der Waals surface area contributed by atoms with Crippen LogP contribution in [0.5, 0.6) is 0 Å². The van der Waals surface area contributed by atoms with Gasteiger partial charge in [-0.25, -0.2) is 4.39 Å². The first-order valence-corrected chi connectivity index (χ1v) is 8.21. The number of benzene rings is 1. The number of hydrogen-bond donors (Lipinski definition) is 1. The number of hydrogen-bond acceptors (Lipinski definition) is 3. The third-order valence-electron chi connectivity index (χ3n) is 4.62. The van der Waals surface area contributed by atoms with E-state index in [1.807, 2.05) is 0 Å². The molecule has 0 spiro atoms. The van der Waals surface area contributed by atoms with Crippen molar-refractivity contribution in [3.05, 3.63) is 53.6 Å². The number of nitrogens with zero attached hydrogens (tertiary/aromatic N) is 3. The van der Waals surface area contributed by atoms with E-state index in [9.17, 15) is 19.1 Å². The van der Waals surface area contributed by atoms with Gasteiger partial charge in [-0.3, -0.25) is 14.3 Å². The second kappa shape index (κ2) is 7.04. The van der Waals surface area contributed by atoms with Gasteiger partial charge in [-0.1, -0.05) is 12.1 Å². The maximum absolute atomic E-state index is 13.4. The summed E-state index contributed by atoms with van der Waals surface area (Å²) in [6.07, 6.45) is 4.33. The highest BCUT2D eigenvalue weighted by molar-refractivity contribution is 5.81. The molecule has 1 aliphatic heterocycles. The number of amides is 1. The van der Waals surface area contributed by atoms with Crippen LogP contribution in [0.3, 0.4) is 0 Å². The van der Waals surface area contributed by atoms with E-state index in [1.54, 1.807) is 41.2 Å². The van der Waals surface area contributed by atoms with E-state index in [4.69, 9.17) is 0 Å². The number of rotatable bonds is 5. The lowest BCUT2D eigenvalue weighted by molar-refractivity contribution is -0.152. The fraction of sp³-hybridized carbons (Fsp3) is 0.389. The summed E-state index contributed by atoms with van der Waals surface area (Å²) in [6, 6.07) is 5.67. The van der Waals surface area contributed by atoms with E-state index >= 15 is 0 Å². The molecule has 0 radical (unpaired) electrons. The van der Waals surface area contributed by atoms with E-state index < -0.39 is 17.9 Å². The number of aromatic nitrogens is 2. The summed E-state index contributed by atoms with van der Waals surface area (Å²) in [5.74, 6) is -2.00. The Bertz CT molecular complexity index is 789. The van der Waals surface area contributed by atoms with Crippen LogP contribution >= 0.6 is 0 Å². The number of aliphatic carboxylic acids is 1. The van der Waals surface area contributed by atoms with Gasteiger partial charge in [0.05, 0.1) is 18.2 Å². The highest BCUT2D eigenvalue weighted by Crippen LogP contribution is 2.36. The second-order valence-electron chi connectivity index (χ2n) is 6.34. The van der Waals surface area contributed by atoms with Crippen LogP contribution in [0.4, 0.5) is 4.39 Å². The summed E-state index contributed by atoms with van der Waals surface area (Å²) in [5, 5.41) is 13.7. The van der Waals surface area contributed by atoms with Gasteiger partial charge in [-0.05, 0) is 30.5 Å². The van der Waals surface area contributed by atoms with Crippen LogP contribution in [-0.4, -0.2) is 38.2 Å². The van der Waals surface area contributed by atoms with Gasteiger partial charge in [0.15, 0.2) is 0 Å². The average molecular weight is 345 g/mol. The van der Waals surface area contributed by atoms with Crippen molar-refractivity contribution in [2.75, 3.05) is 6.54 Å². The number of carboxylic acids is 1. The van der Waals surface area contributed by atoms with Crippen LogP contribution in [0.1, 0.15) is 30.0 Å². The summed E-state index contributed by atoms with van der Waals surface area (Å²) in [4.78, 5) is 25.8. The molecule has 0 unspecified atom stereocenters. The van der Waals surface area contributed by atoms with E-state index in [2.05, 4.69) is 5.10 Å². The molecule has 7 heteroatoms. The fourth-order valence-corrected chi connectivity index (χ4v) is 3.42. The maximum atomic E-state index is 13.4. The van der Waals surface area contributed by atoms with Crippen LogP contribution in [0.2, 0.25) is 0 Å². The molecular weight excluding hydrogens is 325 g/mol. The van der Waals surface area contributed by atoms with Gasteiger partial charge >= 0.3 is 5.97 Å². The number of carbonyl (C=O) groups excluding carboxylic acids is 1. The Morgan fingerprint density at radius 1 is 1.44 bits per heavy atom. The Morgan fingerprint density at radius 3 is 2.88 bits per heavy atom. The third-order valence-corrected chi connectivity index (χ3v) is 4.62. The summed E-state index contributed by atoms with van der Waals surface area (Å²) < 4.78 is 14.9. The van der Waals surface area contributed by atoms with Crippen molar-refractivity contribution in [3.63, 3.8) is 0 Å². The lowest BCUT2D eigenvalue weighted by atomic mass is 9.85. The van der Waals surface area contributed by atoms with E-state index in [1.165, 1.54) is 12.1 Å². The highest BCUT2D eigenvalue weighted by Gasteiger charge is 2.41. The highest BCUT2D eigenvalue weighted by atomic mass is 19.1. The molecular formula is C18H20FN3O3. The summed E-state index contributed by atoms with van der Waals surface area (Å²) in [5.41, 5.74) is 1.48. The zero-order chi connectivity index (χ0) is 18.0. The molecule has 6 nitrogen and oxygen atoms in total. The molecule has 1 saturated heterocycles. The normalized spacial score (nSPS) is 20.7. The molecule has 0 saturated carbocycles. The predicted octanol–water partition coefficient (Wildman–Crippen LogP) is 2.17. The van der Waals surface area contributed by atoms with Crippen molar-refractivity contribution in [1.29, 1.82) is 0 Å². The van der Waals surface area contributed by atoms with Crippen molar-refractivity contribution in [2.24, 2.45) is 13.0 Å². The van der Waals surface area contributed by atoms with Crippen molar-refractivity contribution in [2.45, 2.75) is 25.3 Å². The van der Waals surface area contributed by atoms with Crippen LogP contribution in [0, 0.1) is 11.7 Å². The van der Waals surface area contributed by atoms with Crippen LogP contribution in [0.15, 0.2) is 36.7 Å². The monoisotopic (exact) mass is 345 g/mol. The minimum absolute atomic E-state index is 0.0808. The van der Waals surface area contributed by atoms with Gasteiger partial charge in [0.2, 0.25) is 5.91 Å². The number of halogens is 1. The zero-order valence-electron chi connectivity index (χ0n) is 13.9. The summed E-state index contributed by atoms with van der Waals surface area (Å²) >= 11 is 0. The molecule has 1 aromatic heterocycles. The van der Waals surface area contributed by atoms with E-state index in [0.717, 1.165) is 5.56 Å². The second-order valence-corrected chi connectivity index (χ2v) is 6.34. The molecule has 3 rings (SSSR count). The van der Waals surface area contributed by atoms with Crippen LogP contribution in [-0.2, 0) is 23.1 Å². The first-order chi connectivity index (χ1) is 12.0. The molecule has 0 aliphatic carbocycles. The van der Waals surface area contributed by atoms with Gasteiger partial charge in [-0.15, -0.1) is 0 Å². The lowest BCUT2D eigenvalue weighted by Crippen LogP contribution is -2.46. The molecule has 1 amide bonds. The predicted molar refractivity (Wildman–Crippen MR) is 88.1 cm³/mol. The topological polar surface area (TPSA) is 75.4 Å². The molecule has 2 atom stereocenters. The largest absolute Gasteiger partial charge is 0.481 e. The Morgan fingerprint density at radius 2 is 2.24 bits per heavy atom. The Hall–Kier alpha value is -2.70. The van der Waals surface area contributed by atoms with Gasteiger partial charge < -0.3 is 10.0 Å². The van der Waals surface area contributed by atoms with Gasteiger partial charge in [-0.2, -0.15) is 5.10 Å². The molecule has 1 aliphatic rings. The van der Waals surface area contributed by atoms with Gasteiger partial charge in [0, 0.05) is 31.8 Å². The smallest absolute Gasteiger partial charge is 0.308 e. The number of carboxylic acid groups (broad SMARTS) is 1. The Balaban J connectivity index is 1.86. The molecule has 2 aromatic rings. The van der Waals surface area contributed by atoms with E-state index in [-0.39, 0.29) is 18.1 Å². The van der Waals surface area contributed by atoms with Crippen molar-refractivity contribution < 1.29 is 19.1 Å². The first-order valence-electron chi connectivity index (χ1n) is 8.21. The number of aryl methyl sites for hydroxylation is 1. The lowest BCUT2D eigenvalue weighted by Gasteiger charge is -2.39. The Kier molecular flexibility index (Phi) is 4.83. The van der Waals surface area contributed by atoms with Crippen molar-refractivity contribution >= 4 is 11.9 Å². The van der Waals surface area contributed by atoms with Crippen molar-refractivity contribution in [1.82, 2.24) is 14.7 Å². The molecule has 25 heavy (non-hydrogen) atoms. The SMILES string of the molecule is Cn1cc([C@H]2[C@H](C(=O)O)CCC(=O)N2CCc2cccc(F)c2)cn1. The van der Waals surface area contributed by atoms with Gasteiger partial charge in [0.25, 0.3) is 0 Å². The fourth-order valence-electron chi connectivity index (χ4n) is 3.42. The van der Waals surface area contributed by atoms with Gasteiger partial charge in [0.1, 0.15) is 5.82 Å². The number of carbonyl (C=O) groups is 2. The summed E-state index contributed by atoms with van der Waals surface area (Å²) in [7, 11) is 1.75. The first kappa shape index (κ1) is 17.1. The number of likely N-dealkylation sites (tertiary alicyclic amines) is 1. The number of piperidine rings is 1. The van der Waals surface area contributed by atoms with Crippen LogP contribution in [0.25, 0.3) is 0 Å². The van der Waals surface area contributed by atoms with Crippen molar-refractivity contribution in [3.8, 4) is 0 Å². The maximum Gasteiger partial charge on any atom is 0.308 e. The molecule has 0 bridgehead atoms. The van der Waals surface area contributed by atoms with Crippen LogP contribution < -0.4 is 0 Å². The standard InChI is InChI=1S/C18H20FN3O3/c1-21-11-13(10-20-21)17-15(18(24)25)5-6-16(23)22(17)8-7-12-3-2-4-14(19)9-12/h2-4,9-11,15,17H,5-8H2,1H3,(H,24,25)/t15-,17+/m1/s1. The minimum Gasteiger partial charge on any atom is -0.481 e. The molecule has 1 aromatic carbocycles. The average Bonchev–Trinajstić information content (AvgIpc) is 2.99. The molecule has 2 heterocycles. The van der Waals surface area contributed by atoms with E-state index in [0.29, 0.717) is 24.9 Å². The zero-order valence-corrected chi connectivity index (χ0v) is 13.9. The molecule has 1 N–H and O–H groups in total. The summed E-state index contributed by atoms with van der Waals surface area (Å²) in [6.45, 7) is 0.339. The quantitative estimate of drug-likeness (QED) is 0.901. The Labute approximate surface area is 144 Å². The molecule has 132 valence electrons.